The summed E-state index contributed by atoms with van der Waals surface area (Å²) in [5.41, 5.74) is 14.8. The number of hydrogen-bond donors (Lipinski definition) is 2. The van der Waals surface area contributed by atoms with Crippen LogP contribution in [0.25, 0.3) is 32.6 Å². The molecule has 6 nitrogen and oxygen atoms in total. The Morgan fingerprint density at radius 2 is 1.67 bits per heavy atom. The van der Waals surface area contributed by atoms with Crippen molar-refractivity contribution < 1.29 is 14.3 Å². The molecule has 0 bridgehead atoms. The summed E-state index contributed by atoms with van der Waals surface area (Å²) in [7, 11) is 3.22. The SMILES string of the molecule is CCc1cccc(C)c1NC(=O)c1sc2nc(-c3ccc(C)cc3)cc(-c3ccc(OC)c(OC)c3)c2c1N. The fourth-order valence-electron chi connectivity index (χ4n) is 4.77. The summed E-state index contributed by atoms with van der Waals surface area (Å²) >= 11 is 1.30. The van der Waals surface area contributed by atoms with Crippen LogP contribution >= 0.6 is 11.3 Å². The monoisotopic (exact) mass is 537 g/mol. The third-order valence-electron chi connectivity index (χ3n) is 6.93. The summed E-state index contributed by atoms with van der Waals surface area (Å²) in [6, 6.07) is 22.0. The molecule has 3 N–H and O–H groups in total. The third-order valence-corrected chi connectivity index (χ3v) is 8.02. The van der Waals surface area contributed by atoms with Gasteiger partial charge in [0, 0.05) is 16.6 Å². The van der Waals surface area contributed by atoms with E-state index in [9.17, 15) is 4.79 Å². The number of nitrogen functional groups attached to an aromatic ring is 1. The van der Waals surface area contributed by atoms with E-state index in [0.29, 0.717) is 26.9 Å². The highest BCUT2D eigenvalue weighted by Crippen LogP contribution is 2.43. The predicted octanol–water partition coefficient (Wildman–Crippen LogP) is 7.66. The number of amides is 1. The maximum absolute atomic E-state index is 13.6. The van der Waals surface area contributed by atoms with E-state index in [4.69, 9.17) is 20.2 Å². The molecule has 0 fully saturated rings. The number of carbonyl (C=O) groups is 1. The molecule has 7 heteroatoms. The smallest absolute Gasteiger partial charge is 0.267 e. The number of ether oxygens (including phenoxy) is 2. The zero-order chi connectivity index (χ0) is 27.7. The molecule has 1 amide bonds. The van der Waals surface area contributed by atoms with Gasteiger partial charge >= 0.3 is 0 Å². The lowest BCUT2D eigenvalue weighted by molar-refractivity contribution is 0.103. The third kappa shape index (κ3) is 4.93. The number of benzene rings is 3. The van der Waals surface area contributed by atoms with Crippen LogP contribution in [-0.2, 0) is 6.42 Å². The maximum Gasteiger partial charge on any atom is 0.267 e. The second kappa shape index (κ2) is 10.8. The molecule has 2 aromatic heterocycles. The lowest BCUT2D eigenvalue weighted by atomic mass is 9.98. The first kappa shape index (κ1) is 26.3. The van der Waals surface area contributed by atoms with Gasteiger partial charge in [-0.1, -0.05) is 61.0 Å². The number of hydrogen-bond acceptors (Lipinski definition) is 6. The van der Waals surface area contributed by atoms with Crippen LogP contribution in [0.1, 0.15) is 33.3 Å². The number of nitrogens with zero attached hydrogens (tertiary/aromatic N) is 1. The largest absolute Gasteiger partial charge is 0.493 e. The van der Waals surface area contributed by atoms with E-state index in [1.165, 1.54) is 16.9 Å². The molecule has 3 aromatic carbocycles. The topological polar surface area (TPSA) is 86.5 Å². The van der Waals surface area contributed by atoms with Crippen molar-refractivity contribution in [3.05, 3.63) is 88.3 Å². The Labute approximate surface area is 232 Å². The Hall–Kier alpha value is -4.36. The van der Waals surface area contributed by atoms with Crippen LogP contribution in [0.2, 0.25) is 0 Å². The number of nitrogens with one attached hydrogen (secondary N) is 1. The summed E-state index contributed by atoms with van der Waals surface area (Å²) in [5, 5.41) is 3.86. The Bertz CT molecular complexity index is 1690. The normalized spacial score (nSPS) is 11.0. The van der Waals surface area contributed by atoms with Crippen molar-refractivity contribution in [3.8, 4) is 33.9 Å². The number of methoxy groups -OCH3 is 2. The number of rotatable bonds is 7. The van der Waals surface area contributed by atoms with Crippen molar-refractivity contribution in [3.63, 3.8) is 0 Å². The highest BCUT2D eigenvalue weighted by Gasteiger charge is 2.23. The molecule has 0 unspecified atom stereocenters. The molecule has 5 aromatic rings. The summed E-state index contributed by atoms with van der Waals surface area (Å²) in [4.78, 5) is 19.7. The quantitative estimate of drug-likeness (QED) is 0.223. The van der Waals surface area contributed by atoms with Crippen LogP contribution < -0.4 is 20.5 Å². The van der Waals surface area contributed by atoms with Crippen molar-refractivity contribution in [2.75, 3.05) is 25.3 Å². The van der Waals surface area contributed by atoms with Gasteiger partial charge in [-0.3, -0.25) is 4.79 Å². The van der Waals surface area contributed by atoms with Gasteiger partial charge in [0.05, 0.1) is 25.6 Å². The molecule has 0 saturated heterocycles. The highest BCUT2D eigenvalue weighted by molar-refractivity contribution is 7.21. The van der Waals surface area contributed by atoms with E-state index in [2.05, 4.69) is 43.4 Å². The van der Waals surface area contributed by atoms with Gasteiger partial charge in [-0.2, -0.15) is 0 Å². The van der Waals surface area contributed by atoms with Gasteiger partial charge in [0.15, 0.2) is 11.5 Å². The minimum Gasteiger partial charge on any atom is -0.493 e. The van der Waals surface area contributed by atoms with Gasteiger partial charge in [0.2, 0.25) is 0 Å². The summed E-state index contributed by atoms with van der Waals surface area (Å²) < 4.78 is 11.0. The predicted molar refractivity (Wildman–Crippen MR) is 161 cm³/mol. The van der Waals surface area contributed by atoms with Crippen LogP contribution in [-0.4, -0.2) is 25.1 Å². The zero-order valence-corrected chi connectivity index (χ0v) is 23.5. The molecule has 2 heterocycles. The van der Waals surface area contributed by atoms with E-state index < -0.39 is 0 Å². The molecule has 39 heavy (non-hydrogen) atoms. The van der Waals surface area contributed by atoms with Crippen molar-refractivity contribution >= 4 is 38.8 Å². The number of pyridine rings is 1. The average Bonchev–Trinajstić information content (AvgIpc) is 3.29. The summed E-state index contributed by atoms with van der Waals surface area (Å²) in [5.74, 6) is 0.999. The first-order valence-electron chi connectivity index (χ1n) is 12.8. The van der Waals surface area contributed by atoms with Gasteiger partial charge in [0.25, 0.3) is 5.91 Å². The van der Waals surface area contributed by atoms with Crippen molar-refractivity contribution in [1.29, 1.82) is 0 Å². The van der Waals surface area contributed by atoms with Gasteiger partial charge in [0.1, 0.15) is 9.71 Å². The van der Waals surface area contributed by atoms with Crippen molar-refractivity contribution in [2.45, 2.75) is 27.2 Å². The lowest BCUT2D eigenvalue weighted by Gasteiger charge is -2.13. The number of carbonyl (C=O) groups excluding carboxylic acids is 1. The van der Waals surface area contributed by atoms with Gasteiger partial charge in [-0.15, -0.1) is 11.3 Å². The molecule has 198 valence electrons. The fourth-order valence-corrected chi connectivity index (χ4v) is 5.78. The van der Waals surface area contributed by atoms with E-state index >= 15 is 0 Å². The Balaban J connectivity index is 1.70. The van der Waals surface area contributed by atoms with E-state index in [1.807, 2.05) is 49.4 Å². The van der Waals surface area contributed by atoms with Crippen LogP contribution in [0.5, 0.6) is 11.5 Å². The van der Waals surface area contributed by atoms with Crippen LogP contribution in [0.15, 0.2) is 66.7 Å². The molecule has 0 aliphatic carbocycles. The number of aromatic nitrogens is 1. The van der Waals surface area contributed by atoms with Crippen molar-refractivity contribution in [2.24, 2.45) is 0 Å². The first-order valence-corrected chi connectivity index (χ1v) is 13.6. The van der Waals surface area contributed by atoms with Gasteiger partial charge in [-0.25, -0.2) is 4.98 Å². The number of aryl methyl sites for hydroxylation is 3. The number of fused-ring (bicyclic) bond motifs is 1. The molecule has 0 radical (unpaired) electrons. The first-order chi connectivity index (χ1) is 18.8. The van der Waals surface area contributed by atoms with Crippen LogP contribution in [0.4, 0.5) is 11.4 Å². The lowest BCUT2D eigenvalue weighted by Crippen LogP contribution is -2.14. The van der Waals surface area contributed by atoms with Crippen LogP contribution in [0.3, 0.4) is 0 Å². The second-order valence-electron chi connectivity index (χ2n) is 9.43. The fraction of sp³-hybridized carbons (Fsp3) is 0.188. The highest BCUT2D eigenvalue weighted by atomic mass is 32.1. The standard InChI is InChI=1S/C32H31N3O3S/c1-6-20-9-7-8-19(3)29(20)35-31(36)30-28(33)27-23(22-14-15-25(37-4)26(16-22)38-5)17-24(34-32(27)39-30)21-12-10-18(2)11-13-21/h7-17H,6,33H2,1-5H3,(H,35,36). The average molecular weight is 538 g/mol. The molecule has 0 aliphatic rings. The summed E-state index contributed by atoms with van der Waals surface area (Å²) in [6.07, 6.45) is 0.810. The molecule has 5 rings (SSSR count). The van der Waals surface area contributed by atoms with E-state index in [0.717, 1.165) is 51.0 Å². The van der Waals surface area contributed by atoms with Gasteiger partial charge < -0.3 is 20.5 Å². The maximum atomic E-state index is 13.6. The molecular weight excluding hydrogens is 506 g/mol. The number of nitrogens with two attached hydrogens (primary N) is 1. The molecule has 0 spiro atoms. The van der Waals surface area contributed by atoms with Gasteiger partial charge in [-0.05, 0) is 60.7 Å². The molecular formula is C32H31N3O3S. The summed E-state index contributed by atoms with van der Waals surface area (Å²) in [6.45, 7) is 6.12. The van der Waals surface area contributed by atoms with Crippen LogP contribution in [0, 0.1) is 13.8 Å². The Kier molecular flexibility index (Phi) is 7.26. The molecule has 0 saturated carbocycles. The number of para-hydroxylation sites is 1. The Morgan fingerprint density at radius 3 is 2.36 bits per heavy atom. The minimum atomic E-state index is -0.241. The van der Waals surface area contributed by atoms with Crippen molar-refractivity contribution in [1.82, 2.24) is 4.98 Å². The van der Waals surface area contributed by atoms with E-state index in [-0.39, 0.29) is 5.91 Å². The minimum absolute atomic E-state index is 0.241. The molecule has 0 atom stereocenters. The second-order valence-corrected chi connectivity index (χ2v) is 10.4. The number of anilines is 2. The number of thiophene rings is 1. The Morgan fingerprint density at radius 1 is 0.949 bits per heavy atom. The van der Waals surface area contributed by atoms with E-state index in [1.54, 1.807) is 14.2 Å². The molecule has 0 aliphatic heterocycles. The zero-order valence-electron chi connectivity index (χ0n) is 22.7.